The van der Waals surface area contributed by atoms with Crippen LogP contribution in [-0.2, 0) is 37.3 Å². The smallest absolute Gasteiger partial charge is 0.258 e. The minimum absolute atomic E-state index is 0.0959. The number of ether oxygens (including phenoxy) is 1. The lowest BCUT2D eigenvalue weighted by Crippen LogP contribution is -2.43. The molecule has 180 valence electrons. The topological polar surface area (TPSA) is 110 Å². The van der Waals surface area contributed by atoms with Crippen LogP contribution in [0.25, 0.3) is 10.9 Å². The largest absolute Gasteiger partial charge is 0.379 e. The maximum absolute atomic E-state index is 12.7. The predicted molar refractivity (Wildman–Crippen MR) is 127 cm³/mol. The van der Waals surface area contributed by atoms with E-state index in [9.17, 15) is 18.0 Å². The number of nitrogens with one attached hydrogen (secondary N) is 2. The van der Waals surface area contributed by atoms with Crippen molar-refractivity contribution in [2.45, 2.75) is 31.2 Å². The zero-order valence-electron chi connectivity index (χ0n) is 19.0. The molecule has 0 saturated carbocycles. The van der Waals surface area contributed by atoms with Crippen molar-refractivity contribution < 1.29 is 22.7 Å². The second kappa shape index (κ2) is 10.4. The fourth-order valence-electron chi connectivity index (χ4n) is 3.97. The second-order valence-electron chi connectivity index (χ2n) is 8.19. The number of benzene rings is 2. The van der Waals surface area contributed by atoms with Crippen LogP contribution in [0, 0.1) is 6.92 Å². The highest BCUT2D eigenvalue weighted by Gasteiger charge is 2.26. The zero-order chi connectivity index (χ0) is 24.1. The van der Waals surface area contributed by atoms with E-state index in [4.69, 9.17) is 4.74 Å². The fraction of sp³-hybridized carbons (Fsp3) is 0.333. The third kappa shape index (κ3) is 5.46. The Labute approximate surface area is 198 Å². The quantitative estimate of drug-likeness (QED) is 0.497. The Kier molecular flexibility index (Phi) is 7.30. The summed E-state index contributed by atoms with van der Waals surface area (Å²) in [6.45, 7) is 3.50. The first-order valence-corrected chi connectivity index (χ1v) is 12.6. The van der Waals surface area contributed by atoms with Crippen LogP contribution in [0.3, 0.4) is 0 Å². The summed E-state index contributed by atoms with van der Waals surface area (Å²) in [5.74, 6) is -0.650. The number of carbonyl (C=O) groups is 2. The molecule has 2 N–H and O–H groups in total. The number of amides is 2. The number of aryl methyl sites for hydroxylation is 2. The molecule has 1 aliphatic rings. The molecule has 0 bridgehead atoms. The molecule has 4 rings (SSSR count). The molecule has 34 heavy (non-hydrogen) atoms. The summed E-state index contributed by atoms with van der Waals surface area (Å²) in [5, 5.41) is 1.06. The van der Waals surface area contributed by atoms with Crippen molar-refractivity contribution in [1.82, 2.24) is 19.7 Å². The van der Waals surface area contributed by atoms with E-state index in [0.717, 1.165) is 22.2 Å². The van der Waals surface area contributed by atoms with Crippen LogP contribution in [0.1, 0.15) is 17.7 Å². The van der Waals surface area contributed by atoms with E-state index in [1.807, 2.05) is 41.8 Å². The molecule has 0 unspecified atom stereocenters. The molecule has 0 aliphatic carbocycles. The van der Waals surface area contributed by atoms with Gasteiger partial charge in [0.25, 0.3) is 5.91 Å². The summed E-state index contributed by atoms with van der Waals surface area (Å²) in [5.41, 5.74) is 7.65. The van der Waals surface area contributed by atoms with Gasteiger partial charge in [-0.25, -0.2) is 8.42 Å². The van der Waals surface area contributed by atoms with Gasteiger partial charge in [0.05, 0.1) is 18.1 Å². The van der Waals surface area contributed by atoms with Crippen LogP contribution in [0.15, 0.2) is 59.5 Å². The van der Waals surface area contributed by atoms with Crippen molar-refractivity contribution in [3.05, 3.63) is 65.9 Å². The number of morpholine rings is 1. The van der Waals surface area contributed by atoms with Crippen molar-refractivity contribution in [3.63, 3.8) is 0 Å². The third-order valence-electron chi connectivity index (χ3n) is 5.83. The lowest BCUT2D eigenvalue weighted by atomic mass is 10.1. The van der Waals surface area contributed by atoms with Crippen LogP contribution in [0.4, 0.5) is 0 Å². The Morgan fingerprint density at radius 2 is 1.65 bits per heavy atom. The van der Waals surface area contributed by atoms with Crippen LogP contribution in [0.2, 0.25) is 0 Å². The monoisotopic (exact) mass is 484 g/mol. The van der Waals surface area contributed by atoms with Crippen LogP contribution in [0.5, 0.6) is 0 Å². The first kappa shape index (κ1) is 23.9. The molecule has 9 nitrogen and oxygen atoms in total. The van der Waals surface area contributed by atoms with Gasteiger partial charge in [-0.2, -0.15) is 4.31 Å². The first-order valence-electron chi connectivity index (χ1n) is 11.1. The number of fused-ring (bicyclic) bond motifs is 1. The molecule has 1 saturated heterocycles. The lowest BCUT2D eigenvalue weighted by molar-refractivity contribution is -0.129. The van der Waals surface area contributed by atoms with Gasteiger partial charge >= 0.3 is 0 Å². The van der Waals surface area contributed by atoms with E-state index in [2.05, 4.69) is 10.9 Å². The Morgan fingerprint density at radius 3 is 2.38 bits per heavy atom. The van der Waals surface area contributed by atoms with Crippen molar-refractivity contribution >= 4 is 32.7 Å². The molecule has 1 fully saturated rings. The summed E-state index contributed by atoms with van der Waals surface area (Å²) in [7, 11) is -3.54. The highest BCUT2D eigenvalue weighted by molar-refractivity contribution is 7.89. The highest BCUT2D eigenvalue weighted by atomic mass is 32.2. The van der Waals surface area contributed by atoms with Crippen LogP contribution >= 0.6 is 0 Å². The number of hydrazine groups is 1. The summed E-state index contributed by atoms with van der Waals surface area (Å²) >= 11 is 0. The molecule has 2 amide bonds. The molecule has 10 heteroatoms. The Hall–Kier alpha value is -3.21. The van der Waals surface area contributed by atoms with Gasteiger partial charge < -0.3 is 9.30 Å². The van der Waals surface area contributed by atoms with Gasteiger partial charge in [-0.3, -0.25) is 20.4 Å². The minimum Gasteiger partial charge on any atom is -0.379 e. The Bertz CT molecular complexity index is 1280. The van der Waals surface area contributed by atoms with Crippen molar-refractivity contribution in [1.29, 1.82) is 0 Å². The minimum atomic E-state index is -3.54. The van der Waals surface area contributed by atoms with E-state index in [-0.39, 0.29) is 29.7 Å². The van der Waals surface area contributed by atoms with Crippen LogP contribution in [-0.4, -0.2) is 55.4 Å². The van der Waals surface area contributed by atoms with Gasteiger partial charge in [-0.15, -0.1) is 0 Å². The van der Waals surface area contributed by atoms with Gasteiger partial charge in [-0.05, 0) is 48.6 Å². The van der Waals surface area contributed by atoms with Crippen molar-refractivity contribution in [3.8, 4) is 0 Å². The third-order valence-corrected chi connectivity index (χ3v) is 7.75. The van der Waals surface area contributed by atoms with Gasteiger partial charge in [0.1, 0.15) is 6.54 Å². The SMILES string of the molecule is Cc1cc2ccccc2n1CC(=O)NNC(=O)CCc1ccc(S(=O)(=O)N2CCOCC2)cc1. The van der Waals surface area contributed by atoms with E-state index in [1.54, 1.807) is 24.3 Å². The molecule has 0 radical (unpaired) electrons. The van der Waals surface area contributed by atoms with E-state index < -0.39 is 10.0 Å². The molecule has 0 spiro atoms. The number of hydrogen-bond acceptors (Lipinski definition) is 5. The maximum atomic E-state index is 12.7. The standard InChI is InChI=1S/C24H28N4O5S/c1-18-16-20-4-2-3-5-22(20)28(18)17-24(30)26-25-23(29)11-8-19-6-9-21(10-7-19)34(31,32)27-12-14-33-15-13-27/h2-7,9-10,16H,8,11-15,17H2,1H3,(H,25,29)(H,26,30). The number of hydrogen-bond donors (Lipinski definition) is 2. The summed E-state index contributed by atoms with van der Waals surface area (Å²) in [4.78, 5) is 24.7. The van der Waals surface area contributed by atoms with Gasteiger partial charge in [-0.1, -0.05) is 30.3 Å². The summed E-state index contributed by atoms with van der Waals surface area (Å²) in [6.07, 6.45) is 0.572. The number of rotatable bonds is 7. The number of para-hydroxylation sites is 1. The van der Waals surface area contributed by atoms with Gasteiger partial charge in [0.2, 0.25) is 15.9 Å². The summed E-state index contributed by atoms with van der Waals surface area (Å²) < 4.78 is 33.9. The van der Waals surface area contributed by atoms with E-state index >= 15 is 0 Å². The van der Waals surface area contributed by atoms with Crippen LogP contribution < -0.4 is 10.9 Å². The number of carbonyl (C=O) groups excluding carboxylic acids is 2. The fourth-order valence-corrected chi connectivity index (χ4v) is 5.37. The van der Waals surface area contributed by atoms with E-state index in [1.165, 1.54) is 4.31 Å². The predicted octanol–water partition coefficient (Wildman–Crippen LogP) is 1.75. The molecule has 2 heterocycles. The molecule has 1 aliphatic heterocycles. The zero-order valence-corrected chi connectivity index (χ0v) is 19.8. The maximum Gasteiger partial charge on any atom is 0.258 e. The Morgan fingerprint density at radius 1 is 0.971 bits per heavy atom. The molecule has 2 aromatic carbocycles. The Balaban J connectivity index is 1.25. The molecule has 1 aromatic heterocycles. The molecule has 3 aromatic rings. The van der Waals surface area contributed by atoms with Crippen molar-refractivity contribution in [2.24, 2.45) is 0 Å². The number of aromatic nitrogens is 1. The summed E-state index contributed by atoms with van der Waals surface area (Å²) in [6, 6.07) is 16.4. The molecule has 0 atom stereocenters. The average molecular weight is 485 g/mol. The second-order valence-corrected chi connectivity index (χ2v) is 10.1. The van der Waals surface area contributed by atoms with E-state index in [0.29, 0.717) is 32.7 Å². The molecular weight excluding hydrogens is 456 g/mol. The molecular formula is C24H28N4O5S. The van der Waals surface area contributed by atoms with Gasteiger partial charge in [0.15, 0.2) is 0 Å². The van der Waals surface area contributed by atoms with Crippen molar-refractivity contribution in [2.75, 3.05) is 26.3 Å². The normalized spacial score (nSPS) is 14.7. The first-order chi connectivity index (χ1) is 16.3. The number of sulfonamides is 1. The van der Waals surface area contributed by atoms with Gasteiger partial charge in [0, 0.05) is 30.7 Å². The lowest BCUT2D eigenvalue weighted by Gasteiger charge is -2.26. The number of nitrogens with zero attached hydrogens (tertiary/aromatic N) is 2. The highest BCUT2D eigenvalue weighted by Crippen LogP contribution is 2.19. The average Bonchev–Trinajstić information content (AvgIpc) is 3.17.